The first-order chi connectivity index (χ1) is 13.3. The molecule has 7 nitrogen and oxygen atoms in total. The zero-order chi connectivity index (χ0) is 19.8. The van der Waals surface area contributed by atoms with Crippen molar-refractivity contribution in [1.82, 2.24) is 0 Å². The van der Waals surface area contributed by atoms with E-state index in [0.717, 1.165) is 24.1 Å². The second-order valence-corrected chi connectivity index (χ2v) is 7.03. The highest BCUT2D eigenvalue weighted by molar-refractivity contribution is 14.1. The first kappa shape index (κ1) is 27.5. The molecule has 0 aromatic heterocycles. The Morgan fingerprint density at radius 3 is 1.11 bits per heavy atom. The van der Waals surface area contributed by atoms with Crippen LogP contribution >= 0.6 is 22.6 Å². The number of ether oxygens (including phenoxy) is 7. The third kappa shape index (κ3) is 24.4. The summed E-state index contributed by atoms with van der Waals surface area (Å²) in [4.78, 5) is 0. The predicted molar refractivity (Wildman–Crippen MR) is 114 cm³/mol. The standard InChI is InChI=1S/C19H39IO7/c1-3-19(2)18-27-17-16-26-15-14-25-13-12-24-11-10-23-9-8-22-7-6-21-5-4-20/h19H,3-18H2,1-2H3. The van der Waals surface area contributed by atoms with Crippen molar-refractivity contribution in [1.29, 1.82) is 0 Å². The Hall–Kier alpha value is 0.450. The normalized spacial score (nSPS) is 12.6. The molecule has 0 bridgehead atoms. The van der Waals surface area contributed by atoms with Crippen molar-refractivity contribution < 1.29 is 33.2 Å². The molecule has 164 valence electrons. The second-order valence-electron chi connectivity index (χ2n) is 5.95. The van der Waals surface area contributed by atoms with Crippen molar-refractivity contribution in [3.8, 4) is 0 Å². The van der Waals surface area contributed by atoms with Crippen LogP contribution in [0.5, 0.6) is 0 Å². The van der Waals surface area contributed by atoms with Crippen LogP contribution in [0.4, 0.5) is 0 Å². The van der Waals surface area contributed by atoms with Gasteiger partial charge in [0, 0.05) is 11.0 Å². The Morgan fingerprint density at radius 2 is 0.815 bits per heavy atom. The van der Waals surface area contributed by atoms with Gasteiger partial charge < -0.3 is 33.2 Å². The summed E-state index contributed by atoms with van der Waals surface area (Å²) >= 11 is 2.28. The molecule has 0 saturated carbocycles. The van der Waals surface area contributed by atoms with E-state index in [1.165, 1.54) is 0 Å². The second kappa shape index (κ2) is 24.5. The summed E-state index contributed by atoms with van der Waals surface area (Å²) in [6.45, 7) is 13.0. The van der Waals surface area contributed by atoms with E-state index < -0.39 is 0 Å². The van der Waals surface area contributed by atoms with Gasteiger partial charge in [0.1, 0.15) is 0 Å². The van der Waals surface area contributed by atoms with Crippen molar-refractivity contribution in [2.45, 2.75) is 20.3 Å². The molecule has 27 heavy (non-hydrogen) atoms. The van der Waals surface area contributed by atoms with Crippen molar-refractivity contribution in [2.24, 2.45) is 5.92 Å². The largest absolute Gasteiger partial charge is 0.379 e. The Balaban J connectivity index is 2.99. The Kier molecular flexibility index (Phi) is 24.9. The van der Waals surface area contributed by atoms with Gasteiger partial charge >= 0.3 is 0 Å². The molecule has 0 N–H and O–H groups in total. The lowest BCUT2D eigenvalue weighted by atomic mass is 10.1. The van der Waals surface area contributed by atoms with Gasteiger partial charge in [0.2, 0.25) is 0 Å². The fourth-order valence-electron chi connectivity index (χ4n) is 1.78. The Labute approximate surface area is 178 Å². The topological polar surface area (TPSA) is 64.6 Å². The van der Waals surface area contributed by atoms with Gasteiger partial charge in [0.25, 0.3) is 0 Å². The first-order valence-electron chi connectivity index (χ1n) is 9.91. The summed E-state index contributed by atoms with van der Waals surface area (Å²) in [5, 5.41) is 0. The highest BCUT2D eigenvalue weighted by Crippen LogP contribution is 1.99. The van der Waals surface area contributed by atoms with Crippen molar-refractivity contribution in [3.63, 3.8) is 0 Å². The summed E-state index contributed by atoms with van der Waals surface area (Å²) in [6, 6.07) is 0. The van der Waals surface area contributed by atoms with E-state index in [1.54, 1.807) is 0 Å². The number of alkyl halides is 1. The van der Waals surface area contributed by atoms with Gasteiger partial charge in [0.15, 0.2) is 0 Å². The summed E-state index contributed by atoms with van der Waals surface area (Å²) in [5.41, 5.74) is 0. The van der Waals surface area contributed by atoms with Gasteiger partial charge in [-0.05, 0) is 5.92 Å². The summed E-state index contributed by atoms with van der Waals surface area (Å²) in [7, 11) is 0. The molecule has 0 aliphatic rings. The maximum atomic E-state index is 5.51. The number of hydrogen-bond acceptors (Lipinski definition) is 7. The highest BCUT2D eigenvalue weighted by atomic mass is 127. The summed E-state index contributed by atoms with van der Waals surface area (Å²) < 4.78 is 38.9. The third-order valence-electron chi connectivity index (χ3n) is 3.55. The van der Waals surface area contributed by atoms with E-state index in [1.807, 2.05) is 0 Å². The molecule has 0 aliphatic carbocycles. The minimum absolute atomic E-state index is 0.562. The van der Waals surface area contributed by atoms with Crippen LogP contribution in [-0.2, 0) is 33.2 Å². The van der Waals surface area contributed by atoms with Crippen LogP contribution in [0.1, 0.15) is 20.3 Å². The van der Waals surface area contributed by atoms with Gasteiger partial charge in [-0.3, -0.25) is 0 Å². The average Bonchev–Trinajstić information content (AvgIpc) is 2.68. The molecule has 8 heteroatoms. The van der Waals surface area contributed by atoms with E-state index >= 15 is 0 Å². The van der Waals surface area contributed by atoms with Crippen LogP contribution in [0.25, 0.3) is 0 Å². The number of halogens is 1. The zero-order valence-corrected chi connectivity index (χ0v) is 19.3. The fourth-order valence-corrected chi connectivity index (χ4v) is 2.09. The lowest BCUT2D eigenvalue weighted by Gasteiger charge is -2.10. The minimum atomic E-state index is 0.562. The minimum Gasteiger partial charge on any atom is -0.379 e. The maximum absolute atomic E-state index is 5.51. The quantitative estimate of drug-likeness (QED) is 0.120. The van der Waals surface area contributed by atoms with Gasteiger partial charge in [0.05, 0.1) is 85.9 Å². The van der Waals surface area contributed by atoms with Gasteiger partial charge in [-0.25, -0.2) is 0 Å². The molecule has 0 aliphatic heterocycles. The van der Waals surface area contributed by atoms with E-state index in [0.29, 0.717) is 85.2 Å². The molecule has 0 fully saturated rings. The molecular formula is C19H39IO7. The molecule has 0 amide bonds. The SMILES string of the molecule is CCC(C)COCCOCCOCCOCCOCCOCCOCCI. The van der Waals surface area contributed by atoms with Crippen LogP contribution in [-0.4, -0.2) is 96.9 Å². The van der Waals surface area contributed by atoms with Crippen LogP contribution in [0.3, 0.4) is 0 Å². The Bertz CT molecular complexity index is 272. The molecule has 1 atom stereocenters. The van der Waals surface area contributed by atoms with Gasteiger partial charge in [-0.15, -0.1) is 0 Å². The molecule has 0 aromatic rings. The van der Waals surface area contributed by atoms with Gasteiger partial charge in [-0.1, -0.05) is 42.9 Å². The molecule has 0 spiro atoms. The molecule has 1 unspecified atom stereocenters. The summed E-state index contributed by atoms with van der Waals surface area (Å²) in [6.07, 6.45) is 1.14. The highest BCUT2D eigenvalue weighted by Gasteiger charge is 1.98. The zero-order valence-electron chi connectivity index (χ0n) is 17.1. The van der Waals surface area contributed by atoms with E-state index in [2.05, 4.69) is 36.4 Å². The molecule has 0 aromatic carbocycles. The monoisotopic (exact) mass is 506 g/mol. The van der Waals surface area contributed by atoms with Crippen LogP contribution in [0.15, 0.2) is 0 Å². The first-order valence-corrected chi connectivity index (χ1v) is 11.4. The van der Waals surface area contributed by atoms with Crippen molar-refractivity contribution >= 4 is 22.6 Å². The lowest BCUT2D eigenvalue weighted by molar-refractivity contribution is -0.0210. The smallest absolute Gasteiger partial charge is 0.0701 e. The lowest BCUT2D eigenvalue weighted by Crippen LogP contribution is -2.15. The van der Waals surface area contributed by atoms with E-state index in [-0.39, 0.29) is 0 Å². The molecular weight excluding hydrogens is 467 g/mol. The number of rotatable bonds is 23. The predicted octanol–water partition coefficient (Wildman–Crippen LogP) is 2.58. The molecule has 0 saturated heterocycles. The van der Waals surface area contributed by atoms with Crippen LogP contribution in [0, 0.1) is 5.92 Å². The van der Waals surface area contributed by atoms with Crippen LogP contribution < -0.4 is 0 Å². The van der Waals surface area contributed by atoms with Crippen LogP contribution in [0.2, 0.25) is 0 Å². The van der Waals surface area contributed by atoms with E-state index in [9.17, 15) is 0 Å². The maximum Gasteiger partial charge on any atom is 0.0701 e. The van der Waals surface area contributed by atoms with Crippen molar-refractivity contribution in [2.75, 3.05) is 96.9 Å². The summed E-state index contributed by atoms with van der Waals surface area (Å²) in [5.74, 6) is 0.613. The molecule has 0 radical (unpaired) electrons. The van der Waals surface area contributed by atoms with Gasteiger partial charge in [-0.2, -0.15) is 0 Å². The Morgan fingerprint density at radius 1 is 0.519 bits per heavy atom. The number of hydrogen-bond donors (Lipinski definition) is 0. The van der Waals surface area contributed by atoms with E-state index in [4.69, 9.17) is 33.2 Å². The fraction of sp³-hybridized carbons (Fsp3) is 1.00. The average molecular weight is 506 g/mol. The third-order valence-corrected chi connectivity index (χ3v) is 3.99. The molecule has 0 heterocycles. The molecule has 0 rings (SSSR count). The van der Waals surface area contributed by atoms with Crippen molar-refractivity contribution in [3.05, 3.63) is 0 Å².